The number of amides is 1. The van der Waals surface area contributed by atoms with Gasteiger partial charge in [-0.2, -0.15) is 0 Å². The van der Waals surface area contributed by atoms with E-state index in [2.05, 4.69) is 22.3 Å². The first-order chi connectivity index (χ1) is 10.6. The molecule has 0 aromatic heterocycles. The van der Waals surface area contributed by atoms with Crippen molar-refractivity contribution in [2.45, 2.75) is 19.4 Å². The molecule has 5 heteroatoms. The molecule has 0 radical (unpaired) electrons. The molecule has 1 atom stereocenters. The fourth-order valence-electron chi connectivity index (χ4n) is 2.75. The van der Waals surface area contributed by atoms with Gasteiger partial charge in [0.2, 0.25) is 5.91 Å². The van der Waals surface area contributed by atoms with Crippen LogP contribution in [0.25, 0.3) is 0 Å². The minimum Gasteiger partial charge on any atom is -0.359 e. The molecule has 1 N–H and O–H groups in total. The molecule has 1 amide bonds. The topological polar surface area (TPSA) is 32.3 Å². The average Bonchev–Trinajstić information content (AvgIpc) is 2.94. The second kappa shape index (κ2) is 6.19. The summed E-state index contributed by atoms with van der Waals surface area (Å²) in [4.78, 5) is 14.7. The lowest BCUT2D eigenvalue weighted by atomic mass is 10.1. The zero-order valence-corrected chi connectivity index (χ0v) is 13.7. The van der Waals surface area contributed by atoms with Gasteiger partial charge in [-0.15, -0.1) is 0 Å². The van der Waals surface area contributed by atoms with E-state index in [0.717, 1.165) is 18.7 Å². The van der Waals surface area contributed by atoms with Crippen molar-refractivity contribution in [2.24, 2.45) is 0 Å². The van der Waals surface area contributed by atoms with Crippen LogP contribution in [0.4, 0.5) is 11.4 Å². The van der Waals surface area contributed by atoms with Crippen molar-refractivity contribution in [1.82, 2.24) is 0 Å². The van der Waals surface area contributed by atoms with Crippen LogP contribution in [0.1, 0.15) is 12.5 Å². The van der Waals surface area contributed by atoms with Gasteiger partial charge in [0.25, 0.3) is 0 Å². The molecular formula is C17H16Cl2N2O. The first-order valence-electron chi connectivity index (χ1n) is 7.17. The van der Waals surface area contributed by atoms with Crippen molar-refractivity contribution in [2.75, 3.05) is 16.8 Å². The third-order valence-corrected chi connectivity index (χ3v) is 4.61. The zero-order valence-electron chi connectivity index (χ0n) is 12.1. The molecule has 0 fully saturated rings. The molecule has 0 saturated heterocycles. The number of rotatable bonds is 3. The van der Waals surface area contributed by atoms with E-state index in [-0.39, 0.29) is 11.9 Å². The van der Waals surface area contributed by atoms with Crippen LogP contribution >= 0.6 is 23.2 Å². The molecule has 3 nitrogen and oxygen atoms in total. The summed E-state index contributed by atoms with van der Waals surface area (Å²) in [6.45, 7) is 2.73. The van der Waals surface area contributed by atoms with Crippen LogP contribution in [-0.4, -0.2) is 18.5 Å². The molecule has 1 heterocycles. The lowest BCUT2D eigenvalue weighted by molar-refractivity contribution is -0.117. The van der Waals surface area contributed by atoms with Crippen molar-refractivity contribution in [1.29, 1.82) is 0 Å². The lowest BCUT2D eigenvalue weighted by Gasteiger charge is -2.26. The highest BCUT2D eigenvalue weighted by Gasteiger charge is 2.28. The van der Waals surface area contributed by atoms with Gasteiger partial charge in [0, 0.05) is 12.2 Å². The summed E-state index contributed by atoms with van der Waals surface area (Å²) >= 11 is 12.2. The SMILES string of the molecule is CC(C(=O)Nc1c(Cl)cccc1Cl)N1CCc2ccccc21. The summed E-state index contributed by atoms with van der Waals surface area (Å²) in [6, 6.07) is 13.0. The Labute approximate surface area is 139 Å². The molecule has 1 aliphatic heterocycles. The summed E-state index contributed by atoms with van der Waals surface area (Å²) in [5.41, 5.74) is 2.86. The van der Waals surface area contributed by atoms with E-state index in [1.54, 1.807) is 18.2 Å². The largest absolute Gasteiger partial charge is 0.359 e. The molecule has 114 valence electrons. The number of carbonyl (C=O) groups is 1. The van der Waals surface area contributed by atoms with Gasteiger partial charge in [0.05, 0.1) is 15.7 Å². The number of para-hydroxylation sites is 2. The van der Waals surface area contributed by atoms with Crippen LogP contribution in [0.3, 0.4) is 0 Å². The van der Waals surface area contributed by atoms with Crippen LogP contribution in [0.15, 0.2) is 42.5 Å². The van der Waals surface area contributed by atoms with E-state index in [0.29, 0.717) is 15.7 Å². The monoisotopic (exact) mass is 334 g/mol. The smallest absolute Gasteiger partial charge is 0.246 e. The van der Waals surface area contributed by atoms with Crippen LogP contribution < -0.4 is 10.2 Å². The molecule has 2 aromatic rings. The Hall–Kier alpha value is -1.71. The molecule has 2 aromatic carbocycles. The van der Waals surface area contributed by atoms with Crippen molar-refractivity contribution in [3.8, 4) is 0 Å². The van der Waals surface area contributed by atoms with E-state index < -0.39 is 0 Å². The third-order valence-electron chi connectivity index (χ3n) is 3.98. The highest BCUT2D eigenvalue weighted by Crippen LogP contribution is 2.32. The maximum Gasteiger partial charge on any atom is 0.246 e. The number of benzene rings is 2. The first-order valence-corrected chi connectivity index (χ1v) is 7.93. The maximum atomic E-state index is 12.5. The third kappa shape index (κ3) is 2.79. The van der Waals surface area contributed by atoms with Crippen molar-refractivity contribution < 1.29 is 4.79 Å². The maximum absolute atomic E-state index is 12.5. The van der Waals surface area contributed by atoms with Gasteiger partial charge < -0.3 is 10.2 Å². The number of fused-ring (bicyclic) bond motifs is 1. The molecule has 3 rings (SSSR count). The molecule has 1 unspecified atom stereocenters. The quantitative estimate of drug-likeness (QED) is 0.903. The van der Waals surface area contributed by atoms with Crippen molar-refractivity contribution >= 4 is 40.5 Å². The van der Waals surface area contributed by atoms with E-state index in [4.69, 9.17) is 23.2 Å². The van der Waals surface area contributed by atoms with E-state index in [1.165, 1.54) is 5.56 Å². The van der Waals surface area contributed by atoms with Crippen LogP contribution in [0.5, 0.6) is 0 Å². The fraction of sp³-hybridized carbons (Fsp3) is 0.235. The van der Waals surface area contributed by atoms with Gasteiger partial charge in [0.1, 0.15) is 6.04 Å². The zero-order chi connectivity index (χ0) is 15.7. The number of halogens is 2. The molecule has 1 aliphatic rings. The number of nitrogens with zero attached hydrogens (tertiary/aromatic N) is 1. The highest BCUT2D eigenvalue weighted by molar-refractivity contribution is 6.39. The predicted molar refractivity (Wildman–Crippen MR) is 92.0 cm³/mol. The van der Waals surface area contributed by atoms with Crippen LogP contribution in [0.2, 0.25) is 10.0 Å². The summed E-state index contributed by atoms with van der Waals surface area (Å²) in [5, 5.41) is 3.72. The summed E-state index contributed by atoms with van der Waals surface area (Å²) in [7, 11) is 0. The Bertz CT molecular complexity index is 697. The Morgan fingerprint density at radius 3 is 2.55 bits per heavy atom. The number of anilines is 2. The lowest BCUT2D eigenvalue weighted by Crippen LogP contribution is -2.41. The van der Waals surface area contributed by atoms with E-state index >= 15 is 0 Å². The summed E-state index contributed by atoms with van der Waals surface area (Å²) in [5.74, 6) is -0.119. The molecule has 0 aliphatic carbocycles. The molecule has 0 spiro atoms. The molecule has 0 bridgehead atoms. The minimum absolute atomic E-state index is 0.119. The number of nitrogens with one attached hydrogen (secondary N) is 1. The Kier molecular flexibility index (Phi) is 4.27. The van der Waals surface area contributed by atoms with Gasteiger partial charge >= 0.3 is 0 Å². The Balaban J connectivity index is 1.79. The second-order valence-electron chi connectivity index (χ2n) is 5.33. The number of hydrogen-bond acceptors (Lipinski definition) is 2. The Morgan fingerprint density at radius 1 is 1.14 bits per heavy atom. The fourth-order valence-corrected chi connectivity index (χ4v) is 3.24. The predicted octanol–water partition coefficient (Wildman–Crippen LogP) is 4.38. The minimum atomic E-state index is -0.295. The standard InChI is InChI=1S/C17H16Cl2N2O/c1-11(21-10-9-12-5-2-3-8-15(12)21)17(22)20-16-13(18)6-4-7-14(16)19/h2-8,11H,9-10H2,1H3,(H,20,22). The van der Waals surface area contributed by atoms with Gasteiger partial charge in [-0.05, 0) is 37.1 Å². The van der Waals surface area contributed by atoms with E-state index in [1.807, 2.05) is 19.1 Å². The van der Waals surface area contributed by atoms with Crippen molar-refractivity contribution in [3.63, 3.8) is 0 Å². The van der Waals surface area contributed by atoms with Crippen molar-refractivity contribution in [3.05, 3.63) is 58.1 Å². The first kappa shape index (κ1) is 15.2. The Morgan fingerprint density at radius 2 is 1.82 bits per heavy atom. The number of hydrogen-bond donors (Lipinski definition) is 1. The number of carbonyl (C=O) groups excluding carboxylic acids is 1. The van der Waals surface area contributed by atoms with Gasteiger partial charge in [-0.25, -0.2) is 0 Å². The van der Waals surface area contributed by atoms with Gasteiger partial charge in [-0.1, -0.05) is 47.5 Å². The molecular weight excluding hydrogens is 319 g/mol. The normalized spacial score (nSPS) is 14.6. The van der Waals surface area contributed by atoms with E-state index in [9.17, 15) is 4.79 Å². The van der Waals surface area contributed by atoms with Gasteiger partial charge in [0.15, 0.2) is 0 Å². The summed E-state index contributed by atoms with van der Waals surface area (Å²) in [6.07, 6.45) is 0.959. The molecule has 22 heavy (non-hydrogen) atoms. The van der Waals surface area contributed by atoms with Gasteiger partial charge in [-0.3, -0.25) is 4.79 Å². The molecule has 0 saturated carbocycles. The average molecular weight is 335 g/mol. The van der Waals surface area contributed by atoms with Crippen LogP contribution in [-0.2, 0) is 11.2 Å². The van der Waals surface area contributed by atoms with Crippen LogP contribution in [0, 0.1) is 0 Å². The second-order valence-corrected chi connectivity index (χ2v) is 6.15. The highest BCUT2D eigenvalue weighted by atomic mass is 35.5. The summed E-state index contributed by atoms with van der Waals surface area (Å²) < 4.78 is 0.